The second kappa shape index (κ2) is 9.58. The van der Waals surface area contributed by atoms with Crippen molar-refractivity contribution in [1.82, 2.24) is 14.7 Å². The number of halogens is 1. The minimum absolute atomic E-state index is 0.147. The van der Waals surface area contributed by atoms with E-state index in [4.69, 9.17) is 4.74 Å². The van der Waals surface area contributed by atoms with Gasteiger partial charge >= 0.3 is 0 Å². The van der Waals surface area contributed by atoms with Gasteiger partial charge < -0.3 is 10.1 Å². The quantitative estimate of drug-likeness (QED) is 0.363. The van der Waals surface area contributed by atoms with Gasteiger partial charge in [0.2, 0.25) is 5.88 Å². The first-order chi connectivity index (χ1) is 16.1. The first kappa shape index (κ1) is 21.5. The Labute approximate surface area is 188 Å². The molecule has 33 heavy (non-hydrogen) atoms. The Morgan fingerprint density at radius 2 is 1.82 bits per heavy atom. The van der Waals surface area contributed by atoms with Crippen LogP contribution in [0, 0.1) is 17.1 Å². The lowest BCUT2D eigenvalue weighted by Gasteiger charge is -2.11. The summed E-state index contributed by atoms with van der Waals surface area (Å²) in [6, 6.07) is 21.5. The maximum Gasteiger partial charge on any atom is 0.269 e. The molecule has 0 fully saturated rings. The lowest BCUT2D eigenvalue weighted by Crippen LogP contribution is -2.25. The van der Waals surface area contributed by atoms with Crippen LogP contribution in [0.2, 0.25) is 0 Å². The van der Waals surface area contributed by atoms with E-state index in [-0.39, 0.29) is 35.0 Å². The van der Waals surface area contributed by atoms with Crippen LogP contribution in [0.5, 0.6) is 11.6 Å². The van der Waals surface area contributed by atoms with Gasteiger partial charge in [-0.3, -0.25) is 14.0 Å². The highest BCUT2D eigenvalue weighted by molar-refractivity contribution is 6.01. The highest BCUT2D eigenvalue weighted by atomic mass is 19.1. The summed E-state index contributed by atoms with van der Waals surface area (Å²) in [5, 5.41) is 12.2. The molecule has 1 N–H and O–H groups in total. The number of fused-ring (bicyclic) bond motifs is 1. The van der Waals surface area contributed by atoms with E-state index in [1.807, 2.05) is 36.4 Å². The summed E-state index contributed by atoms with van der Waals surface area (Å²) < 4.78 is 21.0. The largest absolute Gasteiger partial charge is 0.435 e. The highest BCUT2D eigenvalue weighted by Crippen LogP contribution is 2.26. The maximum absolute atomic E-state index is 14.2. The van der Waals surface area contributed by atoms with Crippen LogP contribution in [-0.4, -0.2) is 15.3 Å². The topological polar surface area (TPSA) is 96.5 Å². The van der Waals surface area contributed by atoms with Crippen LogP contribution >= 0.6 is 0 Å². The fraction of sp³-hybridized carbons (Fsp3) is 0.0400. The normalized spacial score (nSPS) is 11.1. The average Bonchev–Trinajstić information content (AvgIpc) is 2.84. The number of ether oxygens (including phenoxy) is 1. The zero-order valence-corrected chi connectivity index (χ0v) is 17.2. The fourth-order valence-corrected chi connectivity index (χ4v) is 3.08. The molecule has 0 spiro atoms. The molecule has 2 aromatic heterocycles. The molecule has 0 radical (unpaired) electrons. The van der Waals surface area contributed by atoms with E-state index in [1.165, 1.54) is 28.8 Å². The number of para-hydroxylation sites is 1. The van der Waals surface area contributed by atoms with Gasteiger partial charge in [-0.15, -0.1) is 0 Å². The van der Waals surface area contributed by atoms with E-state index >= 15 is 0 Å². The van der Waals surface area contributed by atoms with Crippen molar-refractivity contribution in [2.45, 2.75) is 6.54 Å². The molecule has 0 aliphatic rings. The van der Waals surface area contributed by atoms with Crippen molar-refractivity contribution in [3.05, 3.63) is 112 Å². The Morgan fingerprint density at radius 3 is 2.58 bits per heavy atom. The molecule has 0 unspecified atom stereocenters. The van der Waals surface area contributed by atoms with E-state index < -0.39 is 17.3 Å². The van der Waals surface area contributed by atoms with Crippen LogP contribution in [0.15, 0.2) is 89.4 Å². The number of nitrogens with zero attached hydrogens (tertiary/aromatic N) is 3. The summed E-state index contributed by atoms with van der Waals surface area (Å²) in [5.74, 6) is -1.69. The SMILES string of the molecule is N#C/C(=C\c1c(Oc2ccccc2F)nc2ccccn2c1=O)C(=O)NCc1ccccc1. The van der Waals surface area contributed by atoms with Gasteiger partial charge in [0.25, 0.3) is 11.5 Å². The zero-order valence-electron chi connectivity index (χ0n) is 17.2. The molecule has 0 aliphatic carbocycles. The third-order valence-corrected chi connectivity index (χ3v) is 4.73. The molecule has 4 aromatic rings. The number of hydrogen-bond acceptors (Lipinski definition) is 5. The molecule has 2 aromatic carbocycles. The molecule has 2 heterocycles. The Kier molecular flexibility index (Phi) is 6.23. The number of hydrogen-bond donors (Lipinski definition) is 1. The van der Waals surface area contributed by atoms with Gasteiger partial charge in [-0.2, -0.15) is 10.2 Å². The van der Waals surface area contributed by atoms with Crippen molar-refractivity contribution in [2.75, 3.05) is 0 Å². The predicted molar refractivity (Wildman–Crippen MR) is 120 cm³/mol. The Balaban J connectivity index is 1.75. The number of amides is 1. The van der Waals surface area contributed by atoms with Crippen molar-refractivity contribution >= 4 is 17.6 Å². The summed E-state index contributed by atoms with van der Waals surface area (Å²) in [4.78, 5) is 30.1. The van der Waals surface area contributed by atoms with Crippen molar-refractivity contribution in [1.29, 1.82) is 5.26 Å². The van der Waals surface area contributed by atoms with Gasteiger partial charge in [0, 0.05) is 12.7 Å². The maximum atomic E-state index is 14.2. The Bertz CT molecular complexity index is 1460. The first-order valence-corrected chi connectivity index (χ1v) is 9.94. The fourth-order valence-electron chi connectivity index (χ4n) is 3.08. The summed E-state index contributed by atoms with van der Waals surface area (Å²) in [5.41, 5.74) is 0.0557. The van der Waals surface area contributed by atoms with Crippen LogP contribution in [0.1, 0.15) is 11.1 Å². The number of aromatic nitrogens is 2. The molecule has 162 valence electrons. The van der Waals surface area contributed by atoms with Crippen molar-refractivity contribution in [3.63, 3.8) is 0 Å². The van der Waals surface area contributed by atoms with Crippen molar-refractivity contribution in [2.24, 2.45) is 0 Å². The zero-order chi connectivity index (χ0) is 23.2. The summed E-state index contributed by atoms with van der Waals surface area (Å²) in [6.07, 6.45) is 2.60. The standard InChI is InChI=1S/C25H17FN4O3/c26-20-10-4-5-11-21(20)33-24-19(25(32)30-13-7-6-12-22(30)29-24)14-18(15-27)23(31)28-16-17-8-2-1-3-9-17/h1-14H,16H2,(H,28,31)/b18-14+. The number of nitrogens with one attached hydrogen (secondary N) is 1. The van der Waals surface area contributed by atoms with Crippen LogP contribution in [0.4, 0.5) is 4.39 Å². The summed E-state index contributed by atoms with van der Waals surface area (Å²) >= 11 is 0. The molecular weight excluding hydrogens is 423 g/mol. The summed E-state index contributed by atoms with van der Waals surface area (Å²) in [7, 11) is 0. The van der Waals surface area contributed by atoms with E-state index in [0.717, 1.165) is 11.6 Å². The third kappa shape index (κ3) is 4.78. The van der Waals surface area contributed by atoms with E-state index in [0.29, 0.717) is 0 Å². The van der Waals surface area contributed by atoms with Crippen LogP contribution < -0.4 is 15.6 Å². The minimum atomic E-state index is -0.671. The van der Waals surface area contributed by atoms with Crippen LogP contribution in [0.3, 0.4) is 0 Å². The second-order valence-corrected chi connectivity index (χ2v) is 6.94. The number of pyridine rings is 1. The van der Waals surface area contributed by atoms with Crippen molar-refractivity contribution in [3.8, 4) is 17.7 Å². The van der Waals surface area contributed by atoms with Crippen molar-refractivity contribution < 1.29 is 13.9 Å². The monoisotopic (exact) mass is 440 g/mol. The third-order valence-electron chi connectivity index (χ3n) is 4.73. The Hall–Kier alpha value is -4.77. The molecule has 8 heteroatoms. The van der Waals surface area contributed by atoms with Gasteiger partial charge in [0.15, 0.2) is 11.6 Å². The molecular formula is C25H17FN4O3. The van der Waals surface area contributed by atoms with Crippen LogP contribution in [0.25, 0.3) is 11.7 Å². The molecule has 7 nitrogen and oxygen atoms in total. The van der Waals surface area contributed by atoms with Crippen LogP contribution in [-0.2, 0) is 11.3 Å². The molecule has 1 amide bonds. The number of nitriles is 1. The number of rotatable bonds is 6. The highest BCUT2D eigenvalue weighted by Gasteiger charge is 2.18. The minimum Gasteiger partial charge on any atom is -0.435 e. The Morgan fingerprint density at radius 1 is 1.09 bits per heavy atom. The van der Waals surface area contributed by atoms with Gasteiger partial charge in [0.05, 0.1) is 0 Å². The summed E-state index contributed by atoms with van der Waals surface area (Å²) in [6.45, 7) is 0.201. The molecule has 0 bridgehead atoms. The van der Waals surface area contributed by atoms with Gasteiger partial charge in [-0.05, 0) is 35.9 Å². The van der Waals surface area contributed by atoms with Gasteiger partial charge in [-0.25, -0.2) is 4.39 Å². The van der Waals surface area contributed by atoms with Gasteiger partial charge in [0.1, 0.15) is 22.9 Å². The molecule has 0 atom stereocenters. The molecule has 0 saturated carbocycles. The van der Waals surface area contributed by atoms with E-state index in [9.17, 15) is 19.2 Å². The smallest absolute Gasteiger partial charge is 0.269 e. The van der Waals surface area contributed by atoms with Gasteiger partial charge in [-0.1, -0.05) is 48.5 Å². The predicted octanol–water partition coefficient (Wildman–Crippen LogP) is 3.85. The first-order valence-electron chi connectivity index (χ1n) is 9.94. The second-order valence-electron chi connectivity index (χ2n) is 6.94. The number of carbonyl (C=O) groups is 1. The van der Waals surface area contributed by atoms with E-state index in [1.54, 1.807) is 24.3 Å². The average molecular weight is 440 g/mol. The molecule has 0 saturated heterocycles. The number of benzene rings is 2. The van der Waals surface area contributed by atoms with E-state index in [2.05, 4.69) is 10.3 Å². The molecule has 0 aliphatic heterocycles. The molecule has 4 rings (SSSR count). The lowest BCUT2D eigenvalue weighted by atomic mass is 10.1. The lowest BCUT2D eigenvalue weighted by molar-refractivity contribution is -0.117. The number of carbonyl (C=O) groups excluding carboxylic acids is 1.